The van der Waals surface area contributed by atoms with Gasteiger partial charge in [-0.3, -0.25) is 4.68 Å². The van der Waals surface area contributed by atoms with Crippen LogP contribution in [-0.4, -0.2) is 36.5 Å². The summed E-state index contributed by atoms with van der Waals surface area (Å²) in [4.78, 5) is 0.100. The fraction of sp³-hybridized carbons (Fsp3) is 0.500. The molecule has 0 aliphatic carbocycles. The molecule has 0 unspecified atom stereocenters. The van der Waals surface area contributed by atoms with Crippen LogP contribution in [0.1, 0.15) is 0 Å². The number of rotatable bonds is 4. The first kappa shape index (κ1) is 10.2. The van der Waals surface area contributed by atoms with Crippen molar-refractivity contribution in [2.75, 3.05) is 13.2 Å². The summed E-state index contributed by atoms with van der Waals surface area (Å²) in [5.74, 6) is 0. The van der Waals surface area contributed by atoms with Crippen molar-refractivity contribution in [3.05, 3.63) is 12.4 Å². The molecule has 1 aromatic rings. The maximum absolute atomic E-state index is 11.3. The number of aliphatic hydroxyl groups is 1. The van der Waals surface area contributed by atoms with E-state index in [0.717, 1.165) is 0 Å². The predicted molar refractivity (Wildman–Crippen MR) is 45.5 cm³/mol. The Bertz CT molecular complexity index is 370. The highest BCUT2D eigenvalue weighted by molar-refractivity contribution is 7.89. The van der Waals surface area contributed by atoms with Crippen molar-refractivity contribution in [3.63, 3.8) is 0 Å². The summed E-state index contributed by atoms with van der Waals surface area (Å²) >= 11 is 0. The summed E-state index contributed by atoms with van der Waals surface area (Å²) in [6, 6.07) is 0. The largest absolute Gasteiger partial charge is 0.395 e. The minimum Gasteiger partial charge on any atom is -0.395 e. The number of hydrogen-bond acceptors (Lipinski definition) is 4. The third kappa shape index (κ3) is 2.51. The van der Waals surface area contributed by atoms with Crippen molar-refractivity contribution in [2.45, 2.75) is 4.90 Å². The van der Waals surface area contributed by atoms with Gasteiger partial charge in [0.2, 0.25) is 10.0 Å². The van der Waals surface area contributed by atoms with Gasteiger partial charge in [-0.05, 0) is 0 Å². The highest BCUT2D eigenvalue weighted by Crippen LogP contribution is 2.04. The van der Waals surface area contributed by atoms with E-state index in [9.17, 15) is 8.42 Å². The number of sulfonamides is 1. The topological polar surface area (TPSA) is 84.2 Å². The van der Waals surface area contributed by atoms with Gasteiger partial charge < -0.3 is 5.11 Å². The number of aromatic nitrogens is 2. The van der Waals surface area contributed by atoms with Gasteiger partial charge in [-0.2, -0.15) is 5.10 Å². The molecule has 1 heterocycles. The third-order valence-electron chi connectivity index (χ3n) is 1.40. The Balaban J connectivity index is 2.82. The van der Waals surface area contributed by atoms with Gasteiger partial charge in [0.25, 0.3) is 0 Å². The molecule has 6 nitrogen and oxygen atoms in total. The van der Waals surface area contributed by atoms with Gasteiger partial charge in [0.15, 0.2) is 0 Å². The maximum atomic E-state index is 11.3. The van der Waals surface area contributed by atoms with Crippen LogP contribution < -0.4 is 4.72 Å². The first-order chi connectivity index (χ1) is 6.06. The molecule has 0 saturated heterocycles. The molecular weight excluding hydrogens is 194 g/mol. The standard InChI is InChI=1S/C6H11N3O3S/c1-9-5-6(4-7-9)13(11,12)8-2-3-10/h4-5,8,10H,2-3H2,1H3. The van der Waals surface area contributed by atoms with E-state index in [1.165, 1.54) is 17.1 Å². The van der Waals surface area contributed by atoms with Crippen LogP contribution in [-0.2, 0) is 17.1 Å². The van der Waals surface area contributed by atoms with Gasteiger partial charge in [-0.1, -0.05) is 0 Å². The highest BCUT2D eigenvalue weighted by Gasteiger charge is 2.14. The van der Waals surface area contributed by atoms with E-state index < -0.39 is 10.0 Å². The van der Waals surface area contributed by atoms with E-state index in [1.807, 2.05) is 0 Å². The number of aliphatic hydroxyl groups excluding tert-OH is 1. The molecule has 0 amide bonds. The molecular formula is C6H11N3O3S. The van der Waals surface area contributed by atoms with Crippen molar-refractivity contribution in [1.29, 1.82) is 0 Å². The first-order valence-electron chi connectivity index (χ1n) is 3.65. The smallest absolute Gasteiger partial charge is 0.243 e. The van der Waals surface area contributed by atoms with Crippen molar-refractivity contribution in [3.8, 4) is 0 Å². The average molecular weight is 205 g/mol. The lowest BCUT2D eigenvalue weighted by Crippen LogP contribution is -2.26. The molecule has 7 heteroatoms. The van der Waals surface area contributed by atoms with Crippen molar-refractivity contribution >= 4 is 10.0 Å². The number of nitrogens with one attached hydrogen (secondary N) is 1. The summed E-state index contributed by atoms with van der Waals surface area (Å²) in [6.45, 7) is -0.212. The van der Waals surface area contributed by atoms with Gasteiger partial charge in [0, 0.05) is 19.8 Å². The van der Waals surface area contributed by atoms with Gasteiger partial charge >= 0.3 is 0 Å². The molecule has 0 radical (unpaired) electrons. The Morgan fingerprint density at radius 3 is 2.85 bits per heavy atom. The Hall–Kier alpha value is -0.920. The zero-order chi connectivity index (χ0) is 9.90. The molecule has 0 aliphatic rings. The van der Waals surface area contributed by atoms with Crippen LogP contribution in [0.5, 0.6) is 0 Å². The molecule has 74 valence electrons. The van der Waals surface area contributed by atoms with E-state index >= 15 is 0 Å². The molecule has 0 atom stereocenters. The van der Waals surface area contributed by atoms with E-state index in [2.05, 4.69) is 9.82 Å². The van der Waals surface area contributed by atoms with E-state index in [-0.39, 0.29) is 18.0 Å². The molecule has 0 saturated carbocycles. The van der Waals surface area contributed by atoms with E-state index in [0.29, 0.717) is 0 Å². The van der Waals surface area contributed by atoms with Crippen LogP contribution in [0, 0.1) is 0 Å². The van der Waals surface area contributed by atoms with Crippen LogP contribution in [0.2, 0.25) is 0 Å². The Kier molecular flexibility index (Phi) is 3.02. The molecule has 0 fully saturated rings. The monoisotopic (exact) mass is 205 g/mol. The van der Waals surface area contributed by atoms with Gasteiger partial charge in [0.1, 0.15) is 4.90 Å². The van der Waals surface area contributed by atoms with Crippen LogP contribution in [0.15, 0.2) is 17.3 Å². The van der Waals surface area contributed by atoms with Crippen LogP contribution in [0.3, 0.4) is 0 Å². The number of aryl methyl sites for hydroxylation is 1. The maximum Gasteiger partial charge on any atom is 0.243 e. The summed E-state index contributed by atoms with van der Waals surface area (Å²) in [5.41, 5.74) is 0. The normalized spacial score (nSPS) is 11.8. The molecule has 1 rings (SSSR count). The Morgan fingerprint density at radius 1 is 1.69 bits per heavy atom. The van der Waals surface area contributed by atoms with Crippen LogP contribution in [0.25, 0.3) is 0 Å². The fourth-order valence-electron chi connectivity index (χ4n) is 0.801. The lowest BCUT2D eigenvalue weighted by molar-refractivity contribution is 0.301. The highest BCUT2D eigenvalue weighted by atomic mass is 32.2. The third-order valence-corrected chi connectivity index (χ3v) is 2.81. The van der Waals surface area contributed by atoms with Crippen molar-refractivity contribution < 1.29 is 13.5 Å². The minimum atomic E-state index is -3.49. The molecule has 2 N–H and O–H groups in total. The molecule has 0 aromatic carbocycles. The van der Waals surface area contributed by atoms with Gasteiger partial charge in [-0.25, -0.2) is 13.1 Å². The summed E-state index contributed by atoms with van der Waals surface area (Å²) in [6.07, 6.45) is 2.64. The molecule has 13 heavy (non-hydrogen) atoms. The van der Waals surface area contributed by atoms with Gasteiger partial charge in [-0.15, -0.1) is 0 Å². The Labute approximate surface area is 76.2 Å². The second-order valence-corrected chi connectivity index (χ2v) is 4.24. The van der Waals surface area contributed by atoms with E-state index in [1.54, 1.807) is 7.05 Å². The fourth-order valence-corrected chi connectivity index (χ4v) is 1.80. The quantitative estimate of drug-likeness (QED) is 0.639. The first-order valence-corrected chi connectivity index (χ1v) is 5.14. The predicted octanol–water partition coefficient (Wildman–Crippen LogP) is -1.31. The Morgan fingerprint density at radius 2 is 2.38 bits per heavy atom. The zero-order valence-corrected chi connectivity index (χ0v) is 7.95. The minimum absolute atomic E-state index is 0.0111. The molecule has 0 aliphatic heterocycles. The molecule has 0 bridgehead atoms. The SMILES string of the molecule is Cn1cc(S(=O)(=O)NCCO)cn1. The molecule has 1 aromatic heterocycles. The zero-order valence-electron chi connectivity index (χ0n) is 7.14. The van der Waals surface area contributed by atoms with Crippen LogP contribution in [0.4, 0.5) is 0 Å². The average Bonchev–Trinajstić information content (AvgIpc) is 2.49. The second-order valence-electron chi connectivity index (χ2n) is 2.47. The second kappa shape index (κ2) is 3.86. The van der Waals surface area contributed by atoms with Crippen LogP contribution >= 0.6 is 0 Å². The number of hydrogen-bond donors (Lipinski definition) is 2. The molecule has 0 spiro atoms. The van der Waals surface area contributed by atoms with Crippen molar-refractivity contribution in [1.82, 2.24) is 14.5 Å². The van der Waals surface area contributed by atoms with E-state index in [4.69, 9.17) is 5.11 Å². The summed E-state index contributed by atoms with van der Waals surface area (Å²) in [5, 5.41) is 12.2. The number of nitrogens with zero attached hydrogens (tertiary/aromatic N) is 2. The summed E-state index contributed by atoms with van der Waals surface area (Å²) < 4.78 is 26.3. The van der Waals surface area contributed by atoms with Crippen molar-refractivity contribution in [2.24, 2.45) is 7.05 Å². The van der Waals surface area contributed by atoms with Gasteiger partial charge in [0.05, 0.1) is 12.8 Å². The lowest BCUT2D eigenvalue weighted by atomic mass is 10.7. The lowest BCUT2D eigenvalue weighted by Gasteiger charge is -2.00. The summed E-state index contributed by atoms with van der Waals surface area (Å²) in [7, 11) is -1.86.